The molecule has 2 aromatic carbocycles. The zero-order valence-corrected chi connectivity index (χ0v) is 34.1. The van der Waals surface area contributed by atoms with Gasteiger partial charge in [-0.3, -0.25) is 14.6 Å². The highest BCUT2D eigenvalue weighted by atomic mass is 16.5. The van der Waals surface area contributed by atoms with Crippen molar-refractivity contribution in [3.05, 3.63) is 58.8 Å². The number of fused-ring (bicyclic) bond motifs is 6. The monoisotopic (exact) mass is 768 g/mol. The Labute approximate surface area is 330 Å². The first-order chi connectivity index (χ1) is 26.9. The number of likely N-dealkylation sites (N-methyl/N-ethyl adjacent to an activating group) is 1. The number of aromatic nitrogens is 1. The Morgan fingerprint density at radius 3 is 2.38 bits per heavy atom. The fourth-order valence-corrected chi connectivity index (χ4v) is 13.9. The van der Waals surface area contributed by atoms with Gasteiger partial charge in [0.15, 0.2) is 5.60 Å². The summed E-state index contributed by atoms with van der Waals surface area (Å²) in [6.07, 6.45) is 7.08. The lowest BCUT2D eigenvalue weighted by Crippen LogP contribution is -2.79. The molecular weight excluding hydrogens is 709 g/mol. The molecule has 0 amide bonds. The summed E-state index contributed by atoms with van der Waals surface area (Å²) >= 11 is 0. The van der Waals surface area contributed by atoms with E-state index in [-0.39, 0.29) is 23.3 Å². The summed E-state index contributed by atoms with van der Waals surface area (Å²) in [7, 11) is 6.52. The molecule has 3 saturated heterocycles. The number of piperidine rings is 3. The maximum absolute atomic E-state index is 15.3. The van der Waals surface area contributed by atoms with Crippen LogP contribution in [0.25, 0.3) is 10.9 Å². The third kappa shape index (κ3) is 4.96. The molecule has 1 spiro atoms. The van der Waals surface area contributed by atoms with E-state index in [4.69, 9.17) is 14.2 Å². The summed E-state index contributed by atoms with van der Waals surface area (Å²) in [6, 6.07) is 12.0. The molecule has 1 aliphatic carbocycles. The molecule has 3 N–H and O–H groups in total. The molecule has 1 unspecified atom stereocenters. The number of carbonyl (C=O) groups excluding carboxylic acids is 2. The number of nitrogens with one attached hydrogen (secondary N) is 1. The van der Waals surface area contributed by atoms with E-state index in [0.717, 1.165) is 97.3 Å². The fraction of sp³-hybridized carbons (Fsp3) is 0.644. The second-order valence-corrected chi connectivity index (χ2v) is 18.3. The van der Waals surface area contributed by atoms with Crippen molar-refractivity contribution in [3.63, 3.8) is 0 Å². The Balaban J connectivity index is 1.36. The van der Waals surface area contributed by atoms with Crippen LogP contribution in [0.1, 0.15) is 94.0 Å². The van der Waals surface area contributed by atoms with Crippen LogP contribution in [-0.2, 0) is 36.3 Å². The van der Waals surface area contributed by atoms with Gasteiger partial charge in [-0.15, -0.1) is 0 Å². The number of methoxy groups -OCH3 is 3. The standard InChI is InChI=1S/C45H60N4O7/c1-7-41-16-11-18-49-19-12-17-43(37(41)49)31-21-32(35(54-4)22-34(31)47(3)38(43)45(53,26-41)40(51)56-6)44(39(50)55-5)24-28-23-42(52,8-2)27-48(25-28)20-15-30-29-13-9-10-14-33(29)46-36(30)44/h9-10,13-14,21-22,28,37-38,46,52-53H,7-8,11-12,15-20,23-27H2,1-6H3/t28-,37+,38+,41-,42-,43+,44-,45+/m0/s1. The third-order valence-electron chi connectivity index (χ3n) is 15.8. The van der Waals surface area contributed by atoms with Crippen molar-refractivity contribution in [2.45, 2.75) is 112 Å². The maximum atomic E-state index is 15.3. The van der Waals surface area contributed by atoms with Gasteiger partial charge >= 0.3 is 11.9 Å². The van der Waals surface area contributed by atoms with Gasteiger partial charge < -0.3 is 34.3 Å². The molecule has 5 aliphatic heterocycles. The predicted molar refractivity (Wildman–Crippen MR) is 214 cm³/mol. The zero-order chi connectivity index (χ0) is 39.4. The lowest BCUT2D eigenvalue weighted by Gasteiger charge is -2.67. The lowest BCUT2D eigenvalue weighted by molar-refractivity contribution is -0.201. The Morgan fingerprint density at radius 1 is 0.911 bits per heavy atom. The Kier molecular flexibility index (Phi) is 8.93. The van der Waals surface area contributed by atoms with Crippen molar-refractivity contribution in [2.75, 3.05) is 66.0 Å². The Bertz CT molecular complexity index is 2070. The smallest absolute Gasteiger partial charge is 0.340 e. The highest BCUT2D eigenvalue weighted by molar-refractivity contribution is 5.94. The zero-order valence-electron chi connectivity index (χ0n) is 34.1. The van der Waals surface area contributed by atoms with E-state index in [0.29, 0.717) is 44.4 Å². The number of rotatable bonds is 6. The van der Waals surface area contributed by atoms with Gasteiger partial charge in [-0.1, -0.05) is 32.0 Å². The summed E-state index contributed by atoms with van der Waals surface area (Å²) in [6.45, 7) is 8.33. The van der Waals surface area contributed by atoms with Crippen LogP contribution in [0.2, 0.25) is 0 Å². The summed E-state index contributed by atoms with van der Waals surface area (Å²) in [4.78, 5) is 40.4. The number of para-hydroxylation sites is 1. The van der Waals surface area contributed by atoms with Crippen LogP contribution in [0.15, 0.2) is 36.4 Å². The van der Waals surface area contributed by atoms with Gasteiger partial charge in [-0.25, -0.2) is 4.79 Å². The highest BCUT2D eigenvalue weighted by Crippen LogP contribution is 2.68. The van der Waals surface area contributed by atoms with E-state index in [1.807, 2.05) is 26.1 Å². The van der Waals surface area contributed by atoms with Crippen molar-refractivity contribution in [2.24, 2.45) is 11.3 Å². The van der Waals surface area contributed by atoms with Gasteiger partial charge in [-0.2, -0.15) is 0 Å². The van der Waals surface area contributed by atoms with Gasteiger partial charge in [0.05, 0.1) is 33.0 Å². The van der Waals surface area contributed by atoms with Crippen molar-refractivity contribution < 1.29 is 34.0 Å². The summed E-state index contributed by atoms with van der Waals surface area (Å²) < 4.78 is 17.9. The predicted octanol–water partition coefficient (Wildman–Crippen LogP) is 5.06. The van der Waals surface area contributed by atoms with E-state index >= 15 is 4.79 Å². The van der Waals surface area contributed by atoms with Gasteiger partial charge in [0.1, 0.15) is 11.2 Å². The number of ether oxygens (including phenoxy) is 3. The van der Waals surface area contributed by atoms with E-state index in [1.165, 1.54) is 14.2 Å². The quantitative estimate of drug-likeness (QED) is 0.293. The number of aliphatic hydroxyl groups is 2. The minimum Gasteiger partial charge on any atom is -0.496 e. The number of nitrogens with zero attached hydrogens (tertiary/aromatic N) is 3. The second kappa shape index (κ2) is 13.2. The van der Waals surface area contributed by atoms with Crippen LogP contribution in [0.3, 0.4) is 0 Å². The number of carbonyl (C=O) groups is 2. The van der Waals surface area contributed by atoms with Crippen LogP contribution in [0.4, 0.5) is 5.69 Å². The molecule has 6 heterocycles. The average molecular weight is 769 g/mol. The first kappa shape index (κ1) is 37.9. The van der Waals surface area contributed by atoms with E-state index < -0.39 is 34.0 Å². The number of hydrogen-bond donors (Lipinski definition) is 3. The molecule has 1 saturated carbocycles. The van der Waals surface area contributed by atoms with E-state index in [1.54, 1.807) is 7.11 Å². The SMILES string of the molecule is CC[C@]1(O)C[C@@H]2CN(CCc3c([nH]c4ccccc34)[C@@](C(=O)OC)(c3cc4c(cc3OC)N(C)[C@@H]3[C@]45CCCN4CCC[C@@](CC)(C[C@]3(O)C(=O)OC)[C@@H]45)C2)C1. The Morgan fingerprint density at radius 2 is 1.66 bits per heavy atom. The topological polar surface area (TPSA) is 128 Å². The molecular formula is C45H60N4O7. The van der Waals surface area contributed by atoms with Crippen LogP contribution in [0.5, 0.6) is 5.75 Å². The minimum absolute atomic E-state index is 0.0351. The van der Waals surface area contributed by atoms with E-state index in [2.05, 4.69) is 50.9 Å². The number of benzene rings is 2. The maximum Gasteiger partial charge on any atom is 0.340 e. The molecule has 9 rings (SSSR count). The molecule has 2 bridgehead atoms. The number of anilines is 1. The van der Waals surface area contributed by atoms with Crippen LogP contribution in [-0.4, -0.2) is 121 Å². The molecule has 11 heteroatoms. The van der Waals surface area contributed by atoms with Gasteiger partial charge in [-0.05, 0) is 112 Å². The largest absolute Gasteiger partial charge is 0.496 e. The van der Waals surface area contributed by atoms with Gasteiger partial charge in [0.25, 0.3) is 0 Å². The van der Waals surface area contributed by atoms with Crippen LogP contribution < -0.4 is 9.64 Å². The van der Waals surface area contributed by atoms with Crippen molar-refractivity contribution in [1.29, 1.82) is 0 Å². The first-order valence-corrected chi connectivity index (χ1v) is 21.0. The third-order valence-corrected chi connectivity index (χ3v) is 15.8. The number of H-pyrrole nitrogens is 1. The second-order valence-electron chi connectivity index (χ2n) is 18.3. The molecule has 56 heavy (non-hydrogen) atoms. The minimum atomic E-state index is -1.76. The van der Waals surface area contributed by atoms with Crippen molar-refractivity contribution in [3.8, 4) is 5.75 Å². The number of esters is 2. The molecule has 0 radical (unpaired) electrons. The lowest BCUT2D eigenvalue weighted by atomic mass is 9.45. The van der Waals surface area contributed by atoms with Gasteiger partial charge in [0, 0.05) is 72.1 Å². The average Bonchev–Trinajstić information content (AvgIpc) is 3.71. The van der Waals surface area contributed by atoms with Crippen LogP contribution in [0, 0.1) is 11.3 Å². The molecule has 6 aliphatic rings. The summed E-state index contributed by atoms with van der Waals surface area (Å²) in [5.41, 5.74) is 0.594. The molecule has 4 fully saturated rings. The summed E-state index contributed by atoms with van der Waals surface area (Å²) in [5.74, 6) is -0.438. The molecule has 302 valence electrons. The molecule has 3 aromatic rings. The van der Waals surface area contributed by atoms with E-state index in [9.17, 15) is 15.0 Å². The van der Waals surface area contributed by atoms with Crippen LogP contribution >= 0.6 is 0 Å². The molecule has 11 nitrogen and oxygen atoms in total. The molecule has 1 aromatic heterocycles. The first-order valence-electron chi connectivity index (χ1n) is 21.0. The van der Waals surface area contributed by atoms with Gasteiger partial charge in [0.2, 0.25) is 0 Å². The normalized spacial score (nSPS) is 37.6. The Hall–Kier alpha value is -3.64. The van der Waals surface area contributed by atoms with Crippen molar-refractivity contribution >= 4 is 28.5 Å². The fourth-order valence-electron chi connectivity index (χ4n) is 13.9. The highest BCUT2D eigenvalue weighted by Gasteiger charge is 2.75. The molecule has 9 atom stereocenters. The number of hydrogen-bond acceptors (Lipinski definition) is 10. The summed E-state index contributed by atoms with van der Waals surface area (Å²) in [5, 5.41) is 26.1. The number of aromatic amines is 1. The van der Waals surface area contributed by atoms with Crippen molar-refractivity contribution in [1.82, 2.24) is 14.8 Å².